The Morgan fingerprint density at radius 2 is 1.69 bits per heavy atom. The van der Waals surface area contributed by atoms with E-state index in [4.69, 9.17) is 4.74 Å². The van der Waals surface area contributed by atoms with Crippen LogP contribution in [0.5, 0.6) is 0 Å². The van der Waals surface area contributed by atoms with Gasteiger partial charge < -0.3 is 4.74 Å². The van der Waals surface area contributed by atoms with Crippen molar-refractivity contribution in [2.24, 2.45) is 5.92 Å². The fraction of sp³-hybridized carbons (Fsp3) is 0.385. The molecule has 0 fully saturated rings. The maximum absolute atomic E-state index is 11.7. The van der Waals surface area contributed by atoms with Gasteiger partial charge in [0.2, 0.25) is 0 Å². The second-order valence-corrected chi connectivity index (χ2v) is 4.05. The summed E-state index contributed by atoms with van der Waals surface area (Å²) >= 11 is 0. The molecule has 1 aromatic rings. The van der Waals surface area contributed by atoms with Gasteiger partial charge in [-0.2, -0.15) is 0 Å². The molecule has 16 heavy (non-hydrogen) atoms. The minimum absolute atomic E-state index is 0.00911. The molecule has 0 bridgehead atoms. The van der Waals surface area contributed by atoms with E-state index in [1.807, 2.05) is 19.9 Å². The Labute approximate surface area is 95.4 Å². The molecule has 0 radical (unpaired) electrons. The molecular weight excluding hydrogens is 204 g/mol. The van der Waals surface area contributed by atoms with Crippen LogP contribution >= 0.6 is 0 Å². The molecule has 3 heteroatoms. The van der Waals surface area contributed by atoms with Gasteiger partial charge in [-0.1, -0.05) is 32.0 Å². The Kier molecular flexibility index (Phi) is 4.23. The van der Waals surface area contributed by atoms with Gasteiger partial charge in [-0.15, -0.1) is 0 Å². The van der Waals surface area contributed by atoms with Gasteiger partial charge in [-0.3, -0.25) is 4.79 Å². The van der Waals surface area contributed by atoms with Gasteiger partial charge in [0.15, 0.2) is 11.9 Å². The summed E-state index contributed by atoms with van der Waals surface area (Å²) < 4.78 is 5.17. The number of benzene rings is 1. The maximum atomic E-state index is 11.7. The third-order valence-corrected chi connectivity index (χ3v) is 2.25. The van der Waals surface area contributed by atoms with Crippen molar-refractivity contribution in [2.45, 2.75) is 26.9 Å². The van der Waals surface area contributed by atoms with Gasteiger partial charge >= 0.3 is 5.97 Å². The summed E-state index contributed by atoms with van der Waals surface area (Å²) in [4.78, 5) is 23.0. The SMILES string of the molecule is CC(=O)C(OC(=O)c1ccccc1)C(C)C. The first kappa shape index (κ1) is 12.4. The molecule has 0 amide bonds. The quantitative estimate of drug-likeness (QED) is 0.732. The number of carbonyl (C=O) groups excluding carboxylic acids is 2. The molecule has 86 valence electrons. The van der Waals surface area contributed by atoms with Crippen LogP contribution < -0.4 is 0 Å². The Bertz CT molecular complexity index is 368. The van der Waals surface area contributed by atoms with Crippen LogP contribution in [0.2, 0.25) is 0 Å². The highest BCUT2D eigenvalue weighted by atomic mass is 16.5. The molecule has 1 rings (SSSR count). The Morgan fingerprint density at radius 3 is 2.12 bits per heavy atom. The average molecular weight is 220 g/mol. The topological polar surface area (TPSA) is 43.4 Å². The molecule has 0 aliphatic rings. The van der Waals surface area contributed by atoms with E-state index >= 15 is 0 Å². The lowest BCUT2D eigenvalue weighted by Crippen LogP contribution is -2.30. The molecule has 0 saturated heterocycles. The Morgan fingerprint density at radius 1 is 1.12 bits per heavy atom. The highest BCUT2D eigenvalue weighted by Crippen LogP contribution is 2.11. The molecular formula is C13H16O3. The zero-order valence-electron chi connectivity index (χ0n) is 9.77. The summed E-state index contributed by atoms with van der Waals surface area (Å²) in [7, 11) is 0. The predicted molar refractivity (Wildman–Crippen MR) is 61.2 cm³/mol. The van der Waals surface area contributed by atoms with E-state index in [2.05, 4.69) is 0 Å². The second kappa shape index (κ2) is 5.45. The zero-order chi connectivity index (χ0) is 12.1. The molecule has 0 spiro atoms. The summed E-state index contributed by atoms with van der Waals surface area (Å²) in [6.45, 7) is 5.14. The van der Waals surface area contributed by atoms with E-state index in [1.54, 1.807) is 24.3 Å². The number of hydrogen-bond acceptors (Lipinski definition) is 3. The molecule has 1 unspecified atom stereocenters. The predicted octanol–water partition coefficient (Wildman–Crippen LogP) is 2.46. The first-order valence-corrected chi connectivity index (χ1v) is 5.29. The van der Waals surface area contributed by atoms with Crippen molar-refractivity contribution in [3.05, 3.63) is 35.9 Å². The molecule has 0 aliphatic heterocycles. The summed E-state index contributed by atoms with van der Waals surface area (Å²) in [5.41, 5.74) is 0.467. The average Bonchev–Trinajstić information content (AvgIpc) is 2.25. The van der Waals surface area contributed by atoms with Crippen LogP contribution in [0.3, 0.4) is 0 Å². The maximum Gasteiger partial charge on any atom is 0.338 e. The van der Waals surface area contributed by atoms with Crippen LogP contribution in [0.4, 0.5) is 0 Å². The van der Waals surface area contributed by atoms with E-state index < -0.39 is 12.1 Å². The molecule has 0 aromatic heterocycles. The molecule has 3 nitrogen and oxygen atoms in total. The minimum atomic E-state index is -0.660. The first-order valence-electron chi connectivity index (χ1n) is 5.29. The van der Waals surface area contributed by atoms with Crippen molar-refractivity contribution in [2.75, 3.05) is 0 Å². The van der Waals surface area contributed by atoms with Crippen molar-refractivity contribution in [1.29, 1.82) is 0 Å². The lowest BCUT2D eigenvalue weighted by Gasteiger charge is -2.18. The number of Topliss-reactive ketones (excluding diaryl/α,β-unsaturated/α-hetero) is 1. The highest BCUT2D eigenvalue weighted by Gasteiger charge is 2.23. The van der Waals surface area contributed by atoms with E-state index in [0.717, 1.165) is 0 Å². The van der Waals surface area contributed by atoms with E-state index in [9.17, 15) is 9.59 Å². The van der Waals surface area contributed by atoms with Gasteiger partial charge in [0.1, 0.15) is 0 Å². The largest absolute Gasteiger partial charge is 0.451 e. The Hall–Kier alpha value is -1.64. The van der Waals surface area contributed by atoms with Gasteiger partial charge in [0.25, 0.3) is 0 Å². The lowest BCUT2D eigenvalue weighted by molar-refractivity contribution is -0.127. The van der Waals surface area contributed by atoms with E-state index in [-0.39, 0.29) is 11.7 Å². The second-order valence-electron chi connectivity index (χ2n) is 4.05. The summed E-state index contributed by atoms with van der Waals surface area (Å²) in [6.07, 6.45) is -0.660. The number of ketones is 1. The van der Waals surface area contributed by atoms with Crippen LogP contribution in [0.15, 0.2) is 30.3 Å². The molecule has 0 heterocycles. The summed E-state index contributed by atoms with van der Waals surface area (Å²) in [6, 6.07) is 8.67. The van der Waals surface area contributed by atoms with Crippen molar-refractivity contribution in [1.82, 2.24) is 0 Å². The molecule has 1 atom stereocenters. The van der Waals surface area contributed by atoms with E-state index in [1.165, 1.54) is 6.92 Å². The Balaban J connectivity index is 2.74. The summed E-state index contributed by atoms with van der Waals surface area (Å²) in [5, 5.41) is 0. The standard InChI is InChI=1S/C13H16O3/c1-9(2)12(10(3)14)16-13(15)11-7-5-4-6-8-11/h4-9,12H,1-3H3. The van der Waals surface area contributed by atoms with E-state index in [0.29, 0.717) is 5.56 Å². The molecule has 1 aromatic carbocycles. The van der Waals surface area contributed by atoms with Crippen LogP contribution in [0.1, 0.15) is 31.1 Å². The highest BCUT2D eigenvalue weighted by molar-refractivity contribution is 5.92. The monoisotopic (exact) mass is 220 g/mol. The lowest BCUT2D eigenvalue weighted by atomic mass is 10.0. The van der Waals surface area contributed by atoms with Crippen LogP contribution in [-0.4, -0.2) is 17.9 Å². The molecule has 0 aliphatic carbocycles. The van der Waals surface area contributed by atoms with Gasteiger partial charge in [0, 0.05) is 0 Å². The smallest absolute Gasteiger partial charge is 0.338 e. The van der Waals surface area contributed by atoms with Crippen molar-refractivity contribution < 1.29 is 14.3 Å². The normalized spacial score (nSPS) is 12.2. The first-order chi connectivity index (χ1) is 7.52. The molecule has 0 saturated carbocycles. The number of esters is 1. The number of rotatable bonds is 4. The van der Waals surface area contributed by atoms with Gasteiger partial charge in [-0.05, 0) is 25.0 Å². The van der Waals surface area contributed by atoms with Crippen LogP contribution in [0, 0.1) is 5.92 Å². The van der Waals surface area contributed by atoms with Crippen molar-refractivity contribution >= 4 is 11.8 Å². The van der Waals surface area contributed by atoms with Crippen molar-refractivity contribution in [3.8, 4) is 0 Å². The number of ether oxygens (including phenoxy) is 1. The van der Waals surface area contributed by atoms with Gasteiger partial charge in [-0.25, -0.2) is 4.79 Å². The third-order valence-electron chi connectivity index (χ3n) is 2.25. The summed E-state index contributed by atoms with van der Waals surface area (Å²) in [5.74, 6) is -0.584. The zero-order valence-corrected chi connectivity index (χ0v) is 9.77. The van der Waals surface area contributed by atoms with Crippen molar-refractivity contribution in [3.63, 3.8) is 0 Å². The fourth-order valence-corrected chi connectivity index (χ4v) is 1.45. The van der Waals surface area contributed by atoms with Crippen LogP contribution in [-0.2, 0) is 9.53 Å². The number of hydrogen-bond donors (Lipinski definition) is 0. The minimum Gasteiger partial charge on any atom is -0.451 e. The van der Waals surface area contributed by atoms with Crippen LogP contribution in [0.25, 0.3) is 0 Å². The fourth-order valence-electron chi connectivity index (χ4n) is 1.45. The van der Waals surface area contributed by atoms with Gasteiger partial charge in [0.05, 0.1) is 5.56 Å². The number of carbonyl (C=O) groups is 2. The third kappa shape index (κ3) is 3.19. The molecule has 0 N–H and O–H groups in total.